The van der Waals surface area contributed by atoms with Crippen molar-refractivity contribution in [2.75, 3.05) is 9.80 Å². The van der Waals surface area contributed by atoms with Gasteiger partial charge in [0, 0.05) is 39.0 Å². The van der Waals surface area contributed by atoms with Crippen molar-refractivity contribution in [3.8, 4) is 55.6 Å². The van der Waals surface area contributed by atoms with Crippen molar-refractivity contribution in [3.05, 3.63) is 277 Å². The van der Waals surface area contributed by atoms with Gasteiger partial charge in [-0.15, -0.1) is 0 Å². The van der Waals surface area contributed by atoms with Crippen molar-refractivity contribution in [1.82, 2.24) is 0 Å². The fraction of sp³-hybridized carbons (Fsp3) is 0.0857. The van der Waals surface area contributed by atoms with E-state index in [0.717, 1.165) is 28.4 Å². The Labute approximate surface area is 423 Å². The highest BCUT2D eigenvalue weighted by Gasteiger charge is 2.47. The Hall–Kier alpha value is -8.72. The SMILES string of the molecule is CC1(C)c2ccccc2-c2c1cc(N(c1ccccc1)c1ccc(-c3ccc(-c4ccccc4)cc3)cc1)c1c2-c2c(cc(N(c3ccccc3)c3ccc(-c4ccccc4)cc3)c3ccccc23)C1(C)C. The maximum atomic E-state index is 2.55. The van der Waals surface area contributed by atoms with Crippen LogP contribution in [0, 0.1) is 0 Å². The fourth-order valence-electron chi connectivity index (χ4n) is 12.1. The second kappa shape index (κ2) is 17.0. The Morgan fingerprint density at radius 3 is 1.14 bits per heavy atom. The van der Waals surface area contributed by atoms with Gasteiger partial charge in [-0.05, 0) is 144 Å². The molecule has 11 aromatic rings. The summed E-state index contributed by atoms with van der Waals surface area (Å²) < 4.78 is 0. The topological polar surface area (TPSA) is 6.48 Å². The highest BCUT2D eigenvalue weighted by molar-refractivity contribution is 6.15. The summed E-state index contributed by atoms with van der Waals surface area (Å²) in [5.74, 6) is 0. The van der Waals surface area contributed by atoms with Gasteiger partial charge >= 0.3 is 0 Å². The molecule has 0 aromatic heterocycles. The molecule has 2 aliphatic carbocycles. The van der Waals surface area contributed by atoms with Gasteiger partial charge in [0.2, 0.25) is 0 Å². The van der Waals surface area contributed by atoms with E-state index in [4.69, 9.17) is 0 Å². The predicted molar refractivity (Wildman–Crippen MR) is 305 cm³/mol. The number of rotatable bonds is 9. The van der Waals surface area contributed by atoms with Gasteiger partial charge < -0.3 is 9.80 Å². The van der Waals surface area contributed by atoms with Crippen LogP contribution in [0.2, 0.25) is 0 Å². The summed E-state index contributed by atoms with van der Waals surface area (Å²) in [7, 11) is 0. The quantitative estimate of drug-likeness (QED) is 0.142. The van der Waals surface area contributed by atoms with Crippen LogP contribution in [-0.4, -0.2) is 0 Å². The number of nitrogens with zero attached hydrogens (tertiary/aromatic N) is 2. The van der Waals surface area contributed by atoms with E-state index >= 15 is 0 Å². The number of fused-ring (bicyclic) bond motifs is 9. The summed E-state index contributed by atoms with van der Waals surface area (Å²) in [4.78, 5) is 5.00. The molecule has 0 unspecified atom stereocenters. The standard InChI is InChI=1S/C70H54N2/c1-69(2)60-32-20-19-31-59(60)66-61(69)46-64(72(54-27-15-8-16-28-54)56-43-39-52(40-44-56)50-35-33-49(34-36-50)47-21-9-5-10-22-47)68-67(66)65-58-30-18-17-29-57(58)63(45-62(65)70(68,3)4)71(53-25-13-7-14-26-53)55-41-37-51(38-42-55)48-23-11-6-12-24-48/h5-46H,1-4H3. The molecule has 0 bridgehead atoms. The molecular weight excluding hydrogens is 869 g/mol. The molecule has 11 aromatic carbocycles. The molecular formula is C70H54N2. The van der Waals surface area contributed by atoms with E-state index in [-0.39, 0.29) is 5.41 Å². The van der Waals surface area contributed by atoms with E-state index < -0.39 is 5.41 Å². The van der Waals surface area contributed by atoms with Crippen LogP contribution in [0.1, 0.15) is 49.9 Å². The number of benzene rings is 11. The summed E-state index contributed by atoms with van der Waals surface area (Å²) >= 11 is 0. The van der Waals surface area contributed by atoms with E-state index in [0.29, 0.717) is 0 Å². The van der Waals surface area contributed by atoms with Gasteiger partial charge in [-0.2, -0.15) is 0 Å². The Bertz CT molecular complexity index is 3800. The van der Waals surface area contributed by atoms with Crippen LogP contribution in [0.15, 0.2) is 255 Å². The number of hydrogen-bond donors (Lipinski definition) is 0. The first kappa shape index (κ1) is 43.3. The Morgan fingerprint density at radius 2 is 0.625 bits per heavy atom. The maximum absolute atomic E-state index is 2.55. The molecule has 0 saturated heterocycles. The second-order valence-corrected chi connectivity index (χ2v) is 20.5. The molecule has 72 heavy (non-hydrogen) atoms. The fourth-order valence-corrected chi connectivity index (χ4v) is 12.1. The average Bonchev–Trinajstić information content (AvgIpc) is 3.82. The van der Waals surface area contributed by atoms with Crippen LogP contribution in [0.5, 0.6) is 0 Å². The molecule has 2 nitrogen and oxygen atoms in total. The Kier molecular flexibility index (Phi) is 10.2. The highest BCUT2D eigenvalue weighted by Crippen LogP contribution is 2.64. The highest BCUT2D eigenvalue weighted by atomic mass is 15.2. The van der Waals surface area contributed by atoms with Gasteiger partial charge in [0.1, 0.15) is 0 Å². The average molecular weight is 923 g/mol. The van der Waals surface area contributed by atoms with E-state index in [2.05, 4.69) is 292 Å². The van der Waals surface area contributed by atoms with Gasteiger partial charge in [-0.3, -0.25) is 0 Å². The van der Waals surface area contributed by atoms with Gasteiger partial charge in [-0.1, -0.05) is 222 Å². The Morgan fingerprint density at radius 1 is 0.264 bits per heavy atom. The maximum Gasteiger partial charge on any atom is 0.0543 e. The van der Waals surface area contributed by atoms with Gasteiger partial charge in [0.15, 0.2) is 0 Å². The van der Waals surface area contributed by atoms with E-state index in [1.54, 1.807) is 0 Å². The minimum absolute atomic E-state index is 0.244. The van der Waals surface area contributed by atoms with Crippen molar-refractivity contribution in [3.63, 3.8) is 0 Å². The minimum Gasteiger partial charge on any atom is -0.310 e. The van der Waals surface area contributed by atoms with Gasteiger partial charge in [0.05, 0.1) is 11.4 Å². The third kappa shape index (κ3) is 6.93. The summed E-state index contributed by atoms with van der Waals surface area (Å²) in [5, 5.41) is 2.47. The molecule has 0 saturated carbocycles. The van der Waals surface area contributed by atoms with E-state index in [1.807, 2.05) is 0 Å². The van der Waals surface area contributed by atoms with Crippen LogP contribution in [0.25, 0.3) is 66.4 Å². The molecule has 2 heteroatoms. The summed E-state index contributed by atoms with van der Waals surface area (Å²) in [6, 6.07) is 93.8. The number of para-hydroxylation sites is 2. The van der Waals surface area contributed by atoms with E-state index in [9.17, 15) is 0 Å². The third-order valence-electron chi connectivity index (χ3n) is 15.6. The Balaban J connectivity index is 1.04. The number of anilines is 6. The molecule has 0 radical (unpaired) electrons. The predicted octanol–water partition coefficient (Wildman–Crippen LogP) is 19.4. The molecule has 0 atom stereocenters. The smallest absolute Gasteiger partial charge is 0.0543 e. The minimum atomic E-state index is -0.428. The van der Waals surface area contributed by atoms with Crippen molar-refractivity contribution < 1.29 is 0 Å². The van der Waals surface area contributed by atoms with Crippen LogP contribution in [0.4, 0.5) is 34.1 Å². The molecule has 0 amide bonds. The largest absolute Gasteiger partial charge is 0.310 e. The lowest BCUT2D eigenvalue weighted by molar-refractivity contribution is 0.651. The summed E-state index contributed by atoms with van der Waals surface area (Å²) in [5.41, 5.74) is 24.2. The van der Waals surface area contributed by atoms with Gasteiger partial charge in [0.25, 0.3) is 0 Å². The lowest BCUT2D eigenvalue weighted by Crippen LogP contribution is -2.23. The lowest BCUT2D eigenvalue weighted by Gasteiger charge is -2.34. The van der Waals surface area contributed by atoms with Crippen LogP contribution in [0.3, 0.4) is 0 Å². The van der Waals surface area contributed by atoms with Crippen LogP contribution < -0.4 is 9.80 Å². The number of hydrogen-bond acceptors (Lipinski definition) is 2. The first-order chi connectivity index (χ1) is 35.3. The van der Waals surface area contributed by atoms with Crippen LogP contribution >= 0.6 is 0 Å². The molecule has 0 heterocycles. The second-order valence-electron chi connectivity index (χ2n) is 20.5. The molecule has 13 rings (SSSR count). The zero-order chi connectivity index (χ0) is 48.6. The molecule has 0 spiro atoms. The van der Waals surface area contributed by atoms with E-state index in [1.165, 1.54) is 94.3 Å². The molecule has 0 aliphatic heterocycles. The van der Waals surface area contributed by atoms with Crippen molar-refractivity contribution in [1.29, 1.82) is 0 Å². The monoisotopic (exact) mass is 922 g/mol. The summed E-state index contributed by atoms with van der Waals surface area (Å²) in [6.45, 7) is 9.76. The van der Waals surface area contributed by atoms with Gasteiger partial charge in [-0.25, -0.2) is 0 Å². The zero-order valence-electron chi connectivity index (χ0n) is 41.1. The van der Waals surface area contributed by atoms with Crippen molar-refractivity contribution in [2.24, 2.45) is 0 Å². The normalized spacial score (nSPS) is 13.5. The zero-order valence-corrected chi connectivity index (χ0v) is 41.1. The first-order valence-electron chi connectivity index (χ1n) is 25.3. The molecule has 344 valence electrons. The van der Waals surface area contributed by atoms with Crippen LogP contribution in [-0.2, 0) is 10.8 Å². The van der Waals surface area contributed by atoms with Crippen molar-refractivity contribution in [2.45, 2.75) is 38.5 Å². The molecule has 0 fully saturated rings. The lowest BCUT2D eigenvalue weighted by atomic mass is 9.77. The summed E-state index contributed by atoms with van der Waals surface area (Å²) in [6.07, 6.45) is 0. The first-order valence-corrected chi connectivity index (χ1v) is 25.3. The molecule has 0 N–H and O–H groups in total. The third-order valence-corrected chi connectivity index (χ3v) is 15.6. The van der Waals surface area contributed by atoms with Crippen molar-refractivity contribution >= 4 is 44.9 Å². The molecule has 2 aliphatic rings.